The molecular formula is C17H15N3O. The van der Waals surface area contributed by atoms with Crippen LogP contribution in [0.5, 0.6) is 0 Å². The minimum Gasteiger partial charge on any atom is -0.362 e. The summed E-state index contributed by atoms with van der Waals surface area (Å²) in [5, 5.41) is 11.6. The molecule has 1 N–H and O–H groups in total. The van der Waals surface area contributed by atoms with Crippen molar-refractivity contribution in [1.29, 1.82) is 5.26 Å². The highest BCUT2D eigenvalue weighted by Crippen LogP contribution is 2.26. The van der Waals surface area contributed by atoms with Crippen LogP contribution in [0.3, 0.4) is 0 Å². The van der Waals surface area contributed by atoms with Crippen LogP contribution in [0.1, 0.15) is 11.1 Å². The molecule has 0 unspecified atom stereocenters. The maximum absolute atomic E-state index is 12.1. The molecule has 0 saturated heterocycles. The lowest BCUT2D eigenvalue weighted by Gasteiger charge is -2.18. The SMILES string of the molecule is N#Cc1ccc(NC(=O)CN2CCc3ccccc32)cc1. The van der Waals surface area contributed by atoms with Crippen LogP contribution >= 0.6 is 0 Å². The fourth-order valence-corrected chi connectivity index (χ4v) is 2.57. The van der Waals surface area contributed by atoms with E-state index in [2.05, 4.69) is 28.4 Å². The van der Waals surface area contributed by atoms with E-state index in [-0.39, 0.29) is 5.91 Å². The summed E-state index contributed by atoms with van der Waals surface area (Å²) >= 11 is 0. The second-order valence-corrected chi connectivity index (χ2v) is 5.04. The van der Waals surface area contributed by atoms with Gasteiger partial charge in [0.2, 0.25) is 5.91 Å². The quantitative estimate of drug-likeness (QED) is 0.938. The van der Waals surface area contributed by atoms with Crippen LogP contribution in [0.2, 0.25) is 0 Å². The van der Waals surface area contributed by atoms with E-state index in [0.29, 0.717) is 17.8 Å². The summed E-state index contributed by atoms with van der Waals surface area (Å²) in [6, 6.07) is 17.1. The van der Waals surface area contributed by atoms with Crippen molar-refractivity contribution < 1.29 is 4.79 Å². The first-order valence-corrected chi connectivity index (χ1v) is 6.89. The minimum atomic E-state index is -0.0450. The largest absolute Gasteiger partial charge is 0.362 e. The van der Waals surface area contributed by atoms with E-state index in [9.17, 15) is 4.79 Å². The molecule has 0 saturated carbocycles. The monoisotopic (exact) mass is 277 g/mol. The molecule has 104 valence electrons. The Bertz CT molecular complexity index is 701. The van der Waals surface area contributed by atoms with Crippen molar-refractivity contribution in [2.45, 2.75) is 6.42 Å². The highest BCUT2D eigenvalue weighted by atomic mass is 16.2. The van der Waals surface area contributed by atoms with Gasteiger partial charge in [-0.05, 0) is 42.3 Å². The number of benzene rings is 2. The average Bonchev–Trinajstić information content (AvgIpc) is 2.91. The molecule has 1 heterocycles. The van der Waals surface area contributed by atoms with Gasteiger partial charge in [-0.2, -0.15) is 5.26 Å². The maximum Gasteiger partial charge on any atom is 0.243 e. The van der Waals surface area contributed by atoms with Crippen LogP contribution in [0.15, 0.2) is 48.5 Å². The predicted octanol–water partition coefficient (Wildman–Crippen LogP) is 2.56. The smallest absolute Gasteiger partial charge is 0.243 e. The molecular weight excluding hydrogens is 262 g/mol. The second kappa shape index (κ2) is 5.68. The van der Waals surface area contributed by atoms with Crippen molar-refractivity contribution in [1.82, 2.24) is 0 Å². The van der Waals surface area contributed by atoms with E-state index in [1.807, 2.05) is 12.1 Å². The Labute approximate surface area is 123 Å². The van der Waals surface area contributed by atoms with Gasteiger partial charge in [0, 0.05) is 17.9 Å². The van der Waals surface area contributed by atoms with E-state index in [1.165, 1.54) is 5.56 Å². The van der Waals surface area contributed by atoms with Crippen molar-refractivity contribution in [2.24, 2.45) is 0 Å². The van der Waals surface area contributed by atoms with Gasteiger partial charge in [-0.15, -0.1) is 0 Å². The molecule has 0 atom stereocenters. The third kappa shape index (κ3) is 2.87. The fourth-order valence-electron chi connectivity index (χ4n) is 2.57. The predicted molar refractivity (Wildman–Crippen MR) is 82.1 cm³/mol. The van der Waals surface area contributed by atoms with Crippen LogP contribution in [0.25, 0.3) is 0 Å². The van der Waals surface area contributed by atoms with E-state index >= 15 is 0 Å². The van der Waals surface area contributed by atoms with Crippen molar-refractivity contribution in [2.75, 3.05) is 23.3 Å². The number of carbonyl (C=O) groups excluding carboxylic acids is 1. The van der Waals surface area contributed by atoms with Gasteiger partial charge < -0.3 is 10.2 Å². The molecule has 0 bridgehead atoms. The fraction of sp³-hybridized carbons (Fsp3) is 0.176. The first-order valence-electron chi connectivity index (χ1n) is 6.89. The van der Waals surface area contributed by atoms with Gasteiger partial charge in [0.25, 0.3) is 0 Å². The molecule has 0 aromatic heterocycles. The molecule has 4 heteroatoms. The first-order chi connectivity index (χ1) is 10.3. The molecule has 2 aromatic rings. The number of nitrogens with zero attached hydrogens (tertiary/aromatic N) is 2. The number of nitrogens with one attached hydrogen (secondary N) is 1. The highest BCUT2D eigenvalue weighted by molar-refractivity contribution is 5.94. The van der Waals surface area contributed by atoms with Crippen LogP contribution in [0, 0.1) is 11.3 Å². The van der Waals surface area contributed by atoms with Crippen LogP contribution in [-0.2, 0) is 11.2 Å². The van der Waals surface area contributed by atoms with Crippen LogP contribution in [0.4, 0.5) is 11.4 Å². The third-order valence-electron chi connectivity index (χ3n) is 3.62. The van der Waals surface area contributed by atoms with Gasteiger partial charge in [-0.1, -0.05) is 18.2 Å². The number of fused-ring (bicyclic) bond motifs is 1. The maximum atomic E-state index is 12.1. The second-order valence-electron chi connectivity index (χ2n) is 5.04. The van der Waals surface area contributed by atoms with Crippen LogP contribution < -0.4 is 10.2 Å². The Morgan fingerprint density at radius 2 is 1.95 bits per heavy atom. The first kappa shape index (κ1) is 13.2. The van der Waals surface area contributed by atoms with Gasteiger partial charge in [0.1, 0.15) is 0 Å². The number of hydrogen-bond acceptors (Lipinski definition) is 3. The van der Waals surface area contributed by atoms with E-state index in [0.717, 1.165) is 18.7 Å². The molecule has 0 radical (unpaired) electrons. The zero-order chi connectivity index (χ0) is 14.7. The summed E-state index contributed by atoms with van der Waals surface area (Å²) in [7, 11) is 0. The molecule has 1 aliphatic heterocycles. The topological polar surface area (TPSA) is 56.1 Å². The molecule has 4 nitrogen and oxygen atoms in total. The number of para-hydroxylation sites is 1. The number of nitriles is 1. The Morgan fingerprint density at radius 3 is 2.71 bits per heavy atom. The van der Waals surface area contributed by atoms with Gasteiger partial charge in [-0.25, -0.2) is 0 Å². The molecule has 1 aliphatic rings. The zero-order valence-electron chi connectivity index (χ0n) is 11.5. The number of carbonyl (C=O) groups is 1. The molecule has 0 spiro atoms. The number of hydrogen-bond donors (Lipinski definition) is 1. The summed E-state index contributed by atoms with van der Waals surface area (Å²) in [6.07, 6.45) is 0.986. The average molecular weight is 277 g/mol. The molecule has 1 amide bonds. The summed E-state index contributed by atoms with van der Waals surface area (Å²) in [4.78, 5) is 14.2. The molecule has 0 aliphatic carbocycles. The number of rotatable bonds is 3. The van der Waals surface area contributed by atoms with Crippen LogP contribution in [-0.4, -0.2) is 19.0 Å². The Morgan fingerprint density at radius 1 is 1.19 bits per heavy atom. The Kier molecular flexibility index (Phi) is 3.57. The lowest BCUT2D eigenvalue weighted by atomic mass is 10.2. The van der Waals surface area contributed by atoms with Crippen molar-refractivity contribution in [3.05, 3.63) is 59.7 Å². The lowest BCUT2D eigenvalue weighted by Crippen LogP contribution is -2.31. The van der Waals surface area contributed by atoms with Crippen molar-refractivity contribution in [3.8, 4) is 6.07 Å². The summed E-state index contributed by atoms with van der Waals surface area (Å²) in [6.45, 7) is 1.22. The van der Waals surface area contributed by atoms with E-state index in [1.54, 1.807) is 24.3 Å². The summed E-state index contributed by atoms with van der Waals surface area (Å²) < 4.78 is 0. The molecule has 0 fully saturated rings. The lowest BCUT2D eigenvalue weighted by molar-refractivity contribution is -0.115. The normalized spacial score (nSPS) is 12.6. The van der Waals surface area contributed by atoms with Gasteiger partial charge in [0.15, 0.2) is 0 Å². The Balaban J connectivity index is 1.63. The summed E-state index contributed by atoms with van der Waals surface area (Å²) in [5.41, 5.74) is 3.74. The highest BCUT2D eigenvalue weighted by Gasteiger charge is 2.20. The summed E-state index contributed by atoms with van der Waals surface area (Å²) in [5.74, 6) is -0.0450. The van der Waals surface area contributed by atoms with Crippen molar-refractivity contribution >= 4 is 17.3 Å². The number of amides is 1. The third-order valence-corrected chi connectivity index (χ3v) is 3.62. The Hall–Kier alpha value is -2.80. The zero-order valence-corrected chi connectivity index (χ0v) is 11.5. The standard InChI is InChI=1S/C17H15N3O/c18-11-13-5-7-15(8-6-13)19-17(21)12-20-10-9-14-3-1-2-4-16(14)20/h1-8H,9-10,12H2,(H,19,21). The van der Waals surface area contributed by atoms with Gasteiger partial charge in [-0.3, -0.25) is 4.79 Å². The van der Waals surface area contributed by atoms with Gasteiger partial charge >= 0.3 is 0 Å². The molecule has 3 rings (SSSR count). The van der Waals surface area contributed by atoms with E-state index < -0.39 is 0 Å². The minimum absolute atomic E-state index is 0.0450. The molecule has 21 heavy (non-hydrogen) atoms. The van der Waals surface area contributed by atoms with E-state index in [4.69, 9.17) is 5.26 Å². The number of anilines is 2. The van der Waals surface area contributed by atoms with Crippen molar-refractivity contribution in [3.63, 3.8) is 0 Å². The molecule has 2 aromatic carbocycles. The van der Waals surface area contributed by atoms with Gasteiger partial charge in [0.05, 0.1) is 18.2 Å².